The molecule has 0 unspecified atom stereocenters. The normalized spacial score (nSPS) is 11.0. The summed E-state index contributed by atoms with van der Waals surface area (Å²) < 4.78 is 39.0. The topological polar surface area (TPSA) is 82.1 Å². The summed E-state index contributed by atoms with van der Waals surface area (Å²) in [5.74, 6) is 1.94. The Kier molecular flexibility index (Phi) is 7.90. The number of methoxy groups -OCH3 is 2. The van der Waals surface area contributed by atoms with Gasteiger partial charge in [-0.25, -0.2) is 8.42 Å². The van der Waals surface area contributed by atoms with Gasteiger partial charge in [-0.2, -0.15) is 0 Å². The monoisotopic (exact) mass is 421 g/mol. The SMILES string of the molecule is COc1ccc(CN(C)C(=O)CCCOc2ccc(S(C)(=O)=O)cc2)c(OC)c1. The van der Waals surface area contributed by atoms with Crippen molar-refractivity contribution in [2.75, 3.05) is 34.1 Å². The van der Waals surface area contributed by atoms with Crippen LogP contribution >= 0.6 is 0 Å². The molecule has 158 valence electrons. The number of hydrogen-bond donors (Lipinski definition) is 0. The lowest BCUT2D eigenvalue weighted by atomic mass is 10.1. The molecule has 0 aliphatic rings. The molecule has 0 saturated heterocycles. The zero-order valence-electron chi connectivity index (χ0n) is 17.2. The van der Waals surface area contributed by atoms with Gasteiger partial charge in [-0.05, 0) is 42.8 Å². The predicted octanol–water partition coefficient (Wildman–Crippen LogP) is 2.92. The van der Waals surface area contributed by atoms with Gasteiger partial charge in [0, 0.05) is 37.9 Å². The summed E-state index contributed by atoms with van der Waals surface area (Å²) in [7, 11) is 1.70. The zero-order valence-corrected chi connectivity index (χ0v) is 18.0. The first-order valence-corrected chi connectivity index (χ1v) is 11.0. The fourth-order valence-corrected chi connectivity index (χ4v) is 3.34. The molecule has 1 amide bonds. The average molecular weight is 422 g/mol. The first-order valence-electron chi connectivity index (χ1n) is 9.12. The summed E-state index contributed by atoms with van der Waals surface area (Å²) >= 11 is 0. The Hall–Kier alpha value is -2.74. The molecule has 0 spiro atoms. The van der Waals surface area contributed by atoms with E-state index in [9.17, 15) is 13.2 Å². The maximum absolute atomic E-state index is 12.4. The minimum Gasteiger partial charge on any atom is -0.497 e. The van der Waals surface area contributed by atoms with E-state index < -0.39 is 9.84 Å². The Balaban J connectivity index is 1.80. The van der Waals surface area contributed by atoms with Crippen LogP contribution in [0.1, 0.15) is 18.4 Å². The third-order valence-electron chi connectivity index (χ3n) is 4.38. The largest absolute Gasteiger partial charge is 0.497 e. The molecule has 0 heterocycles. The van der Waals surface area contributed by atoms with Crippen molar-refractivity contribution in [2.45, 2.75) is 24.3 Å². The van der Waals surface area contributed by atoms with E-state index in [2.05, 4.69) is 0 Å². The standard InChI is InChI=1S/C21H27NO6S/c1-22(15-16-7-8-18(26-2)14-20(16)27-3)21(23)6-5-13-28-17-9-11-19(12-10-17)29(4,24)25/h7-12,14H,5-6,13,15H2,1-4H3. The lowest BCUT2D eigenvalue weighted by Crippen LogP contribution is -2.26. The van der Waals surface area contributed by atoms with Crippen molar-refractivity contribution in [3.8, 4) is 17.2 Å². The molecular weight excluding hydrogens is 394 g/mol. The molecule has 0 radical (unpaired) electrons. The Morgan fingerprint density at radius 2 is 1.66 bits per heavy atom. The summed E-state index contributed by atoms with van der Waals surface area (Å²) in [6, 6.07) is 11.7. The van der Waals surface area contributed by atoms with Crippen LogP contribution in [0.5, 0.6) is 17.2 Å². The number of carbonyl (C=O) groups is 1. The van der Waals surface area contributed by atoms with E-state index in [1.54, 1.807) is 44.4 Å². The van der Waals surface area contributed by atoms with E-state index in [0.29, 0.717) is 43.2 Å². The molecule has 0 N–H and O–H groups in total. The summed E-state index contributed by atoms with van der Waals surface area (Å²) in [5, 5.41) is 0. The van der Waals surface area contributed by atoms with Gasteiger partial charge < -0.3 is 19.1 Å². The fraction of sp³-hybridized carbons (Fsp3) is 0.381. The summed E-state index contributed by atoms with van der Waals surface area (Å²) in [4.78, 5) is 14.3. The maximum Gasteiger partial charge on any atom is 0.222 e. The minimum atomic E-state index is -3.22. The molecule has 0 aliphatic heterocycles. The minimum absolute atomic E-state index is 0.00102. The molecule has 0 bridgehead atoms. The third kappa shape index (κ3) is 6.67. The number of ether oxygens (including phenoxy) is 3. The van der Waals surface area contributed by atoms with Crippen molar-refractivity contribution in [1.82, 2.24) is 4.90 Å². The molecule has 0 saturated carbocycles. The molecule has 2 aromatic carbocycles. The fourth-order valence-electron chi connectivity index (χ4n) is 2.71. The van der Waals surface area contributed by atoms with Crippen LogP contribution in [-0.4, -0.2) is 53.4 Å². The zero-order chi connectivity index (χ0) is 21.4. The summed E-state index contributed by atoms with van der Waals surface area (Å²) in [6.07, 6.45) is 2.06. The van der Waals surface area contributed by atoms with Crippen LogP contribution in [0, 0.1) is 0 Å². The smallest absolute Gasteiger partial charge is 0.222 e. The molecule has 0 fully saturated rings. The molecule has 8 heteroatoms. The first kappa shape index (κ1) is 22.5. The van der Waals surface area contributed by atoms with Crippen LogP contribution in [0.2, 0.25) is 0 Å². The van der Waals surface area contributed by atoms with E-state index in [-0.39, 0.29) is 10.8 Å². The van der Waals surface area contributed by atoms with Gasteiger partial charge in [-0.1, -0.05) is 0 Å². The van der Waals surface area contributed by atoms with Crippen molar-refractivity contribution in [3.63, 3.8) is 0 Å². The second-order valence-electron chi connectivity index (χ2n) is 6.62. The number of nitrogens with zero attached hydrogens (tertiary/aromatic N) is 1. The second-order valence-corrected chi connectivity index (χ2v) is 8.64. The highest BCUT2D eigenvalue weighted by Crippen LogP contribution is 2.25. The summed E-state index contributed by atoms with van der Waals surface area (Å²) in [6.45, 7) is 0.795. The first-order chi connectivity index (χ1) is 13.7. The Morgan fingerprint density at radius 1 is 1.00 bits per heavy atom. The Bertz CT molecular complexity index is 925. The van der Waals surface area contributed by atoms with Crippen LogP contribution in [0.4, 0.5) is 0 Å². The van der Waals surface area contributed by atoms with E-state index >= 15 is 0 Å². The highest BCUT2D eigenvalue weighted by atomic mass is 32.2. The lowest BCUT2D eigenvalue weighted by molar-refractivity contribution is -0.130. The van der Waals surface area contributed by atoms with Crippen molar-refractivity contribution in [1.29, 1.82) is 0 Å². The molecular formula is C21H27NO6S. The van der Waals surface area contributed by atoms with E-state index in [4.69, 9.17) is 14.2 Å². The molecule has 0 aromatic heterocycles. The number of carbonyl (C=O) groups excluding carboxylic acids is 1. The van der Waals surface area contributed by atoms with E-state index in [1.807, 2.05) is 12.1 Å². The van der Waals surface area contributed by atoms with Crippen LogP contribution in [0.15, 0.2) is 47.4 Å². The van der Waals surface area contributed by atoms with Crippen molar-refractivity contribution >= 4 is 15.7 Å². The van der Waals surface area contributed by atoms with Gasteiger partial charge in [0.15, 0.2) is 9.84 Å². The average Bonchev–Trinajstić information content (AvgIpc) is 2.70. The quantitative estimate of drug-likeness (QED) is 0.549. The van der Waals surface area contributed by atoms with Crippen molar-refractivity contribution < 1.29 is 27.4 Å². The maximum atomic E-state index is 12.4. The highest BCUT2D eigenvalue weighted by Gasteiger charge is 2.13. The number of benzene rings is 2. The van der Waals surface area contributed by atoms with Crippen LogP contribution in [-0.2, 0) is 21.2 Å². The van der Waals surface area contributed by atoms with Crippen molar-refractivity contribution in [2.24, 2.45) is 0 Å². The highest BCUT2D eigenvalue weighted by molar-refractivity contribution is 7.90. The van der Waals surface area contributed by atoms with Gasteiger partial charge in [-0.3, -0.25) is 4.79 Å². The van der Waals surface area contributed by atoms with Gasteiger partial charge in [0.05, 0.1) is 25.7 Å². The van der Waals surface area contributed by atoms with Gasteiger partial charge >= 0.3 is 0 Å². The van der Waals surface area contributed by atoms with Gasteiger partial charge in [-0.15, -0.1) is 0 Å². The number of hydrogen-bond acceptors (Lipinski definition) is 6. The predicted molar refractivity (Wildman–Crippen MR) is 110 cm³/mol. The molecule has 2 aromatic rings. The van der Waals surface area contributed by atoms with Gasteiger partial charge in [0.25, 0.3) is 0 Å². The van der Waals surface area contributed by atoms with Crippen LogP contribution in [0.3, 0.4) is 0 Å². The van der Waals surface area contributed by atoms with Crippen molar-refractivity contribution in [3.05, 3.63) is 48.0 Å². The molecule has 29 heavy (non-hydrogen) atoms. The number of sulfone groups is 1. The number of rotatable bonds is 10. The lowest BCUT2D eigenvalue weighted by Gasteiger charge is -2.19. The molecule has 0 atom stereocenters. The number of amides is 1. The Morgan fingerprint density at radius 3 is 2.24 bits per heavy atom. The molecule has 2 rings (SSSR count). The van der Waals surface area contributed by atoms with E-state index in [0.717, 1.165) is 11.8 Å². The molecule has 0 aliphatic carbocycles. The Labute approximate surface area is 172 Å². The summed E-state index contributed by atoms with van der Waals surface area (Å²) in [5.41, 5.74) is 0.895. The van der Waals surface area contributed by atoms with E-state index in [1.165, 1.54) is 12.1 Å². The second kappa shape index (κ2) is 10.2. The molecule has 7 nitrogen and oxygen atoms in total. The van der Waals surface area contributed by atoms with Crippen LogP contribution < -0.4 is 14.2 Å². The van der Waals surface area contributed by atoms with Crippen LogP contribution in [0.25, 0.3) is 0 Å². The van der Waals surface area contributed by atoms with Gasteiger partial charge in [0.1, 0.15) is 17.2 Å². The van der Waals surface area contributed by atoms with Gasteiger partial charge in [0.2, 0.25) is 5.91 Å². The third-order valence-corrected chi connectivity index (χ3v) is 5.51.